The topological polar surface area (TPSA) is 60.9 Å². The van der Waals surface area contributed by atoms with Crippen molar-refractivity contribution < 1.29 is 0 Å². The number of benzene rings is 1. The van der Waals surface area contributed by atoms with E-state index in [1.165, 1.54) is 0 Å². The minimum atomic E-state index is -0.0487. The molecule has 2 heterocycles. The lowest BCUT2D eigenvalue weighted by Gasteiger charge is -2.10. The van der Waals surface area contributed by atoms with E-state index in [1.54, 1.807) is 36.1 Å². The van der Waals surface area contributed by atoms with E-state index < -0.39 is 0 Å². The SMILES string of the molecule is Cc1ccn(C)c(=O)c1-c1cc(Cl)c2cnc(N)cc2c1. The van der Waals surface area contributed by atoms with Crippen molar-refractivity contribution in [2.24, 2.45) is 7.05 Å². The van der Waals surface area contributed by atoms with E-state index in [1.807, 2.05) is 19.1 Å². The highest BCUT2D eigenvalue weighted by molar-refractivity contribution is 6.35. The minimum absolute atomic E-state index is 0.0487. The fourth-order valence-electron chi connectivity index (χ4n) is 2.45. The van der Waals surface area contributed by atoms with Crippen molar-refractivity contribution >= 4 is 28.2 Å². The highest BCUT2D eigenvalue weighted by Crippen LogP contribution is 2.31. The van der Waals surface area contributed by atoms with Gasteiger partial charge < -0.3 is 10.3 Å². The molecular formula is C16H14ClN3O. The van der Waals surface area contributed by atoms with Crippen molar-refractivity contribution in [1.29, 1.82) is 0 Å². The van der Waals surface area contributed by atoms with Crippen LogP contribution in [0.5, 0.6) is 0 Å². The van der Waals surface area contributed by atoms with E-state index in [9.17, 15) is 4.79 Å². The molecule has 0 saturated heterocycles. The van der Waals surface area contributed by atoms with Crippen LogP contribution < -0.4 is 11.3 Å². The van der Waals surface area contributed by atoms with Gasteiger partial charge in [0, 0.05) is 24.8 Å². The number of pyridine rings is 2. The number of fused-ring (bicyclic) bond motifs is 1. The molecule has 2 N–H and O–H groups in total. The Morgan fingerprint density at radius 3 is 2.81 bits per heavy atom. The number of hydrogen-bond donors (Lipinski definition) is 1. The maximum Gasteiger partial charge on any atom is 0.258 e. The maximum absolute atomic E-state index is 12.4. The summed E-state index contributed by atoms with van der Waals surface area (Å²) in [4.78, 5) is 16.4. The molecule has 0 aliphatic carbocycles. The molecule has 0 aliphatic rings. The molecule has 0 fully saturated rings. The molecule has 3 aromatic rings. The van der Waals surface area contributed by atoms with Crippen molar-refractivity contribution in [2.75, 3.05) is 5.73 Å². The molecule has 0 bridgehead atoms. The lowest BCUT2D eigenvalue weighted by molar-refractivity contribution is 0.859. The van der Waals surface area contributed by atoms with Gasteiger partial charge in [0.05, 0.1) is 10.6 Å². The number of nitrogen functional groups attached to an aromatic ring is 1. The third-order valence-corrected chi connectivity index (χ3v) is 3.89. The van der Waals surface area contributed by atoms with Crippen LogP contribution in [-0.2, 0) is 7.05 Å². The molecule has 5 heteroatoms. The van der Waals surface area contributed by atoms with Gasteiger partial charge in [-0.25, -0.2) is 4.98 Å². The summed E-state index contributed by atoms with van der Waals surface area (Å²) in [5.41, 5.74) is 8.03. The number of hydrogen-bond acceptors (Lipinski definition) is 3. The molecule has 1 aromatic carbocycles. The highest BCUT2D eigenvalue weighted by atomic mass is 35.5. The van der Waals surface area contributed by atoms with Crippen molar-refractivity contribution in [1.82, 2.24) is 9.55 Å². The predicted octanol–water partition coefficient (Wildman–Crippen LogP) is 3.14. The summed E-state index contributed by atoms with van der Waals surface area (Å²) < 4.78 is 1.56. The molecular weight excluding hydrogens is 286 g/mol. The van der Waals surface area contributed by atoms with Crippen molar-refractivity contribution in [2.45, 2.75) is 6.92 Å². The molecule has 0 unspecified atom stereocenters. The van der Waals surface area contributed by atoms with Crippen LogP contribution in [0.15, 0.2) is 41.5 Å². The summed E-state index contributed by atoms with van der Waals surface area (Å²) >= 11 is 6.32. The van der Waals surface area contributed by atoms with Crippen molar-refractivity contribution in [3.8, 4) is 11.1 Å². The van der Waals surface area contributed by atoms with Gasteiger partial charge in [0.25, 0.3) is 5.56 Å². The molecule has 0 atom stereocenters. The maximum atomic E-state index is 12.4. The van der Waals surface area contributed by atoms with E-state index in [0.29, 0.717) is 16.4 Å². The van der Waals surface area contributed by atoms with Crippen LogP contribution in [-0.4, -0.2) is 9.55 Å². The standard InChI is InChI=1S/C16H14ClN3O/c1-9-3-4-20(2)16(21)15(9)11-5-10-7-14(18)19-8-12(10)13(17)6-11/h3-8H,1-2H3,(H2,18,19). The molecule has 0 amide bonds. The van der Waals surface area contributed by atoms with Gasteiger partial charge in [-0.1, -0.05) is 11.6 Å². The summed E-state index contributed by atoms with van der Waals surface area (Å²) in [6, 6.07) is 7.39. The summed E-state index contributed by atoms with van der Waals surface area (Å²) in [5, 5.41) is 2.25. The molecule has 4 nitrogen and oxygen atoms in total. The Balaban J connectivity index is 2.37. The molecule has 106 valence electrons. The molecule has 3 rings (SSSR count). The van der Waals surface area contributed by atoms with Crippen LogP contribution in [0.4, 0.5) is 5.82 Å². The zero-order valence-electron chi connectivity index (χ0n) is 11.7. The molecule has 0 radical (unpaired) electrons. The summed E-state index contributed by atoms with van der Waals surface area (Å²) in [6.45, 7) is 1.91. The summed E-state index contributed by atoms with van der Waals surface area (Å²) in [6.07, 6.45) is 3.40. The minimum Gasteiger partial charge on any atom is -0.384 e. The first-order chi connectivity index (χ1) is 9.97. The van der Waals surface area contributed by atoms with Gasteiger partial charge in [-0.05, 0) is 47.7 Å². The number of rotatable bonds is 1. The van der Waals surface area contributed by atoms with Crippen LogP contribution in [0, 0.1) is 6.92 Å². The quantitative estimate of drug-likeness (QED) is 0.751. The Kier molecular flexibility index (Phi) is 3.18. The average molecular weight is 300 g/mol. The third kappa shape index (κ3) is 2.28. The second kappa shape index (κ2) is 4.90. The smallest absolute Gasteiger partial charge is 0.258 e. The van der Waals surface area contributed by atoms with E-state index in [2.05, 4.69) is 4.98 Å². The molecule has 0 saturated carbocycles. The molecule has 0 aliphatic heterocycles. The van der Waals surface area contributed by atoms with Gasteiger partial charge in [-0.3, -0.25) is 4.79 Å². The molecule has 2 aromatic heterocycles. The fraction of sp³-hybridized carbons (Fsp3) is 0.125. The molecule has 21 heavy (non-hydrogen) atoms. The Morgan fingerprint density at radius 2 is 2.05 bits per heavy atom. The lowest BCUT2D eigenvalue weighted by Crippen LogP contribution is -2.18. The Labute approximate surface area is 126 Å². The average Bonchev–Trinajstić information content (AvgIpc) is 2.43. The number of nitrogens with two attached hydrogens (primary N) is 1. The first-order valence-electron chi connectivity index (χ1n) is 6.49. The third-order valence-electron chi connectivity index (χ3n) is 3.57. The van der Waals surface area contributed by atoms with Gasteiger partial charge in [0.2, 0.25) is 0 Å². The van der Waals surface area contributed by atoms with Crippen LogP contribution in [0.3, 0.4) is 0 Å². The number of aryl methyl sites for hydroxylation is 2. The van der Waals surface area contributed by atoms with Gasteiger partial charge in [0.1, 0.15) is 5.82 Å². The van der Waals surface area contributed by atoms with Crippen molar-refractivity contribution in [3.05, 3.63) is 57.6 Å². The largest absolute Gasteiger partial charge is 0.384 e. The first kappa shape index (κ1) is 13.6. The first-order valence-corrected chi connectivity index (χ1v) is 6.86. The van der Waals surface area contributed by atoms with Crippen molar-refractivity contribution in [3.63, 3.8) is 0 Å². The van der Waals surface area contributed by atoms with Gasteiger partial charge in [-0.2, -0.15) is 0 Å². The summed E-state index contributed by atoms with van der Waals surface area (Å²) in [5.74, 6) is 0.424. The van der Waals surface area contributed by atoms with E-state index >= 15 is 0 Å². The second-order valence-electron chi connectivity index (χ2n) is 5.08. The zero-order valence-corrected chi connectivity index (χ0v) is 12.5. The normalized spacial score (nSPS) is 11.0. The van der Waals surface area contributed by atoms with Crippen LogP contribution in [0.25, 0.3) is 21.9 Å². The van der Waals surface area contributed by atoms with E-state index in [4.69, 9.17) is 17.3 Å². The van der Waals surface area contributed by atoms with Gasteiger partial charge >= 0.3 is 0 Å². The lowest BCUT2D eigenvalue weighted by atomic mass is 9.99. The molecule has 0 spiro atoms. The Morgan fingerprint density at radius 1 is 1.29 bits per heavy atom. The second-order valence-corrected chi connectivity index (χ2v) is 5.49. The zero-order chi connectivity index (χ0) is 15.1. The Hall–Kier alpha value is -2.33. The van der Waals surface area contributed by atoms with Gasteiger partial charge in [-0.15, -0.1) is 0 Å². The highest BCUT2D eigenvalue weighted by Gasteiger charge is 2.11. The van der Waals surface area contributed by atoms with Crippen LogP contribution in [0.2, 0.25) is 5.02 Å². The van der Waals surface area contributed by atoms with Crippen LogP contribution in [0.1, 0.15) is 5.56 Å². The fourth-order valence-corrected chi connectivity index (χ4v) is 2.72. The monoisotopic (exact) mass is 299 g/mol. The van der Waals surface area contributed by atoms with E-state index in [-0.39, 0.29) is 5.56 Å². The van der Waals surface area contributed by atoms with Crippen LogP contribution >= 0.6 is 11.6 Å². The number of halogens is 1. The predicted molar refractivity (Wildman–Crippen MR) is 86.6 cm³/mol. The number of anilines is 1. The van der Waals surface area contributed by atoms with Gasteiger partial charge in [0.15, 0.2) is 0 Å². The summed E-state index contributed by atoms with van der Waals surface area (Å²) in [7, 11) is 1.73. The number of nitrogens with zero attached hydrogens (tertiary/aromatic N) is 2. The Bertz CT molecular complexity index is 915. The number of aromatic nitrogens is 2. The van der Waals surface area contributed by atoms with E-state index in [0.717, 1.165) is 21.9 Å².